The summed E-state index contributed by atoms with van der Waals surface area (Å²) in [5.74, 6) is 0. The number of hydrogen-bond donors (Lipinski definition) is 0. The van der Waals surface area contributed by atoms with Crippen molar-refractivity contribution in [3.05, 3.63) is 0 Å². The van der Waals surface area contributed by atoms with Crippen molar-refractivity contribution in [1.82, 2.24) is 10.2 Å². The van der Waals surface area contributed by atoms with Gasteiger partial charge in [-0.05, 0) is 7.05 Å². The number of piperazine rings is 1. The van der Waals surface area contributed by atoms with E-state index in [9.17, 15) is 0 Å². The second-order valence-corrected chi connectivity index (χ2v) is 2.78. The second-order valence-electron chi connectivity index (χ2n) is 2.78. The molecular weight excluding hydrogens is 128 g/mol. The molecule has 1 atom stereocenters. The molecule has 0 N–H and O–H groups in total. The lowest BCUT2D eigenvalue weighted by Gasteiger charge is -2.28. The smallest absolute Gasteiger partial charge is 0.0644 e. The minimum absolute atomic E-state index is 0.406. The second kappa shape index (κ2) is 3.91. The molecule has 1 rings (SSSR count). The van der Waals surface area contributed by atoms with Gasteiger partial charge in [0.15, 0.2) is 0 Å². The number of nitrogens with zero attached hydrogens (tertiary/aromatic N) is 2. The fourth-order valence-corrected chi connectivity index (χ4v) is 1.22. The van der Waals surface area contributed by atoms with E-state index in [1.54, 1.807) is 7.11 Å². The van der Waals surface area contributed by atoms with E-state index in [4.69, 9.17) is 4.74 Å². The van der Waals surface area contributed by atoms with Crippen molar-refractivity contribution in [3.63, 3.8) is 0 Å². The van der Waals surface area contributed by atoms with Crippen LogP contribution in [0, 0.1) is 0 Å². The monoisotopic (exact) mass is 143 g/mol. The first-order valence-corrected chi connectivity index (χ1v) is 3.67. The van der Waals surface area contributed by atoms with Gasteiger partial charge in [-0.25, -0.2) is 5.32 Å². The van der Waals surface area contributed by atoms with E-state index < -0.39 is 0 Å². The lowest BCUT2D eigenvalue weighted by atomic mass is 10.2. The van der Waals surface area contributed by atoms with Gasteiger partial charge in [0.25, 0.3) is 0 Å². The van der Waals surface area contributed by atoms with E-state index >= 15 is 0 Å². The maximum Gasteiger partial charge on any atom is 0.0644 e. The molecule has 1 aliphatic heterocycles. The highest BCUT2D eigenvalue weighted by atomic mass is 16.5. The Morgan fingerprint density at radius 1 is 1.70 bits per heavy atom. The Morgan fingerprint density at radius 3 is 3.10 bits per heavy atom. The van der Waals surface area contributed by atoms with Gasteiger partial charge < -0.3 is 9.64 Å². The highest BCUT2D eigenvalue weighted by molar-refractivity contribution is 4.75. The topological polar surface area (TPSA) is 26.6 Å². The van der Waals surface area contributed by atoms with Gasteiger partial charge in [-0.2, -0.15) is 0 Å². The largest absolute Gasteiger partial charge is 0.383 e. The van der Waals surface area contributed by atoms with E-state index in [2.05, 4.69) is 17.3 Å². The number of rotatable bonds is 2. The summed E-state index contributed by atoms with van der Waals surface area (Å²) in [6.07, 6.45) is 0. The fraction of sp³-hybridized carbons (Fsp3) is 1.00. The molecule has 0 spiro atoms. The Hall–Kier alpha value is -0.120. The average Bonchev–Trinajstić information content (AvgIpc) is 1.88. The summed E-state index contributed by atoms with van der Waals surface area (Å²) >= 11 is 0. The maximum atomic E-state index is 5.01. The van der Waals surface area contributed by atoms with Crippen LogP contribution in [0.5, 0.6) is 0 Å². The zero-order valence-corrected chi connectivity index (χ0v) is 6.71. The van der Waals surface area contributed by atoms with Crippen LogP contribution >= 0.6 is 0 Å². The SMILES string of the molecule is COCC1CN(C)CC[N]1. The third-order valence-electron chi connectivity index (χ3n) is 1.75. The molecule has 0 bridgehead atoms. The molecule has 0 aromatic heterocycles. The van der Waals surface area contributed by atoms with Crippen LogP contribution in [-0.4, -0.2) is 51.3 Å². The molecule has 1 aliphatic rings. The molecule has 0 saturated carbocycles. The van der Waals surface area contributed by atoms with Crippen LogP contribution in [0.25, 0.3) is 0 Å². The molecule has 0 amide bonds. The van der Waals surface area contributed by atoms with E-state index in [0.29, 0.717) is 6.04 Å². The molecule has 3 nitrogen and oxygen atoms in total. The molecule has 0 aromatic rings. The molecule has 0 aromatic carbocycles. The lowest BCUT2D eigenvalue weighted by molar-refractivity contribution is 0.125. The van der Waals surface area contributed by atoms with Gasteiger partial charge in [0.05, 0.1) is 12.6 Å². The van der Waals surface area contributed by atoms with Crippen molar-refractivity contribution in [1.29, 1.82) is 0 Å². The van der Waals surface area contributed by atoms with Crippen molar-refractivity contribution < 1.29 is 4.74 Å². The van der Waals surface area contributed by atoms with Gasteiger partial charge in [0, 0.05) is 26.7 Å². The van der Waals surface area contributed by atoms with Crippen molar-refractivity contribution >= 4 is 0 Å². The Kier molecular flexibility index (Phi) is 3.12. The number of methoxy groups -OCH3 is 1. The molecule has 59 valence electrons. The van der Waals surface area contributed by atoms with Crippen LogP contribution in [-0.2, 0) is 4.74 Å². The van der Waals surface area contributed by atoms with Crippen molar-refractivity contribution in [2.45, 2.75) is 6.04 Å². The Balaban J connectivity index is 2.18. The molecule has 1 radical (unpaired) electrons. The van der Waals surface area contributed by atoms with Crippen LogP contribution in [0.1, 0.15) is 0 Å². The summed E-state index contributed by atoms with van der Waals surface area (Å²) in [7, 11) is 3.85. The van der Waals surface area contributed by atoms with Gasteiger partial charge in [0.1, 0.15) is 0 Å². The minimum Gasteiger partial charge on any atom is -0.383 e. The third kappa shape index (κ3) is 2.25. The van der Waals surface area contributed by atoms with E-state index in [1.165, 1.54) is 0 Å². The predicted molar refractivity (Wildman–Crippen MR) is 40.2 cm³/mol. The predicted octanol–water partition coefficient (Wildman–Crippen LogP) is -0.449. The van der Waals surface area contributed by atoms with Gasteiger partial charge in [-0.1, -0.05) is 0 Å². The molecule has 1 heterocycles. The van der Waals surface area contributed by atoms with Crippen molar-refractivity contribution in [2.24, 2.45) is 0 Å². The first-order valence-electron chi connectivity index (χ1n) is 3.67. The summed E-state index contributed by atoms with van der Waals surface area (Å²) < 4.78 is 5.01. The van der Waals surface area contributed by atoms with Gasteiger partial charge in [-0.15, -0.1) is 0 Å². The molecular formula is C7H15N2O. The van der Waals surface area contributed by atoms with E-state index in [-0.39, 0.29) is 0 Å². The van der Waals surface area contributed by atoms with Crippen LogP contribution in [0.4, 0.5) is 0 Å². The summed E-state index contributed by atoms with van der Waals surface area (Å²) in [6, 6.07) is 0.406. The molecule has 0 aliphatic carbocycles. The molecule has 1 fully saturated rings. The first kappa shape index (κ1) is 7.98. The van der Waals surface area contributed by atoms with Crippen molar-refractivity contribution in [3.8, 4) is 0 Å². The zero-order valence-electron chi connectivity index (χ0n) is 6.71. The highest BCUT2D eigenvalue weighted by Crippen LogP contribution is 1.97. The molecule has 3 heteroatoms. The van der Waals surface area contributed by atoms with Crippen LogP contribution in [0.15, 0.2) is 0 Å². The van der Waals surface area contributed by atoms with E-state index in [0.717, 1.165) is 26.2 Å². The standard InChI is InChI=1S/C7H15N2O/c1-9-4-3-8-7(5-9)6-10-2/h7H,3-6H2,1-2H3. The first-order chi connectivity index (χ1) is 4.83. The fourth-order valence-electron chi connectivity index (χ4n) is 1.22. The number of ether oxygens (including phenoxy) is 1. The highest BCUT2D eigenvalue weighted by Gasteiger charge is 2.16. The van der Waals surface area contributed by atoms with Crippen molar-refractivity contribution in [2.75, 3.05) is 40.4 Å². The average molecular weight is 143 g/mol. The minimum atomic E-state index is 0.406. The molecule has 1 unspecified atom stereocenters. The van der Waals surface area contributed by atoms with Gasteiger partial charge >= 0.3 is 0 Å². The summed E-state index contributed by atoms with van der Waals surface area (Å²) in [4.78, 5) is 2.29. The summed E-state index contributed by atoms with van der Waals surface area (Å²) in [5, 5.41) is 4.40. The summed E-state index contributed by atoms with van der Waals surface area (Å²) in [5.41, 5.74) is 0. The van der Waals surface area contributed by atoms with Gasteiger partial charge in [-0.3, -0.25) is 0 Å². The van der Waals surface area contributed by atoms with E-state index in [1.807, 2.05) is 0 Å². The maximum absolute atomic E-state index is 5.01. The third-order valence-corrected chi connectivity index (χ3v) is 1.75. The Labute approximate surface area is 62.3 Å². The number of likely N-dealkylation sites (N-methyl/N-ethyl adjacent to an activating group) is 1. The van der Waals surface area contributed by atoms with Crippen LogP contribution in [0.3, 0.4) is 0 Å². The Bertz CT molecular complexity index is 95.6. The number of hydrogen-bond acceptors (Lipinski definition) is 2. The molecule has 10 heavy (non-hydrogen) atoms. The van der Waals surface area contributed by atoms with Gasteiger partial charge in [0.2, 0.25) is 0 Å². The quantitative estimate of drug-likeness (QED) is 0.523. The normalized spacial score (nSPS) is 28.8. The summed E-state index contributed by atoms with van der Waals surface area (Å²) in [6.45, 7) is 3.88. The Morgan fingerprint density at radius 2 is 2.50 bits per heavy atom. The lowest BCUT2D eigenvalue weighted by Crippen LogP contribution is -2.47. The zero-order chi connectivity index (χ0) is 7.40. The van der Waals surface area contributed by atoms with Crippen LogP contribution in [0.2, 0.25) is 0 Å². The molecule has 1 saturated heterocycles. The van der Waals surface area contributed by atoms with Crippen LogP contribution < -0.4 is 5.32 Å².